The smallest absolute Gasteiger partial charge is 0.0161 e. The van der Waals surface area contributed by atoms with E-state index in [2.05, 4.69) is 35.3 Å². The van der Waals surface area contributed by atoms with Gasteiger partial charge in [-0.15, -0.1) is 35.0 Å². The number of fused-ring (bicyclic) bond motifs is 3. The zero-order valence-electron chi connectivity index (χ0n) is 7.88. The predicted molar refractivity (Wildman–Crippen MR) is 58.1 cm³/mol. The van der Waals surface area contributed by atoms with Crippen molar-refractivity contribution in [3.8, 4) is 0 Å². The van der Waals surface area contributed by atoms with Gasteiger partial charge in [-0.1, -0.05) is 18.2 Å². The summed E-state index contributed by atoms with van der Waals surface area (Å²) in [6.45, 7) is 0. The molecular weight excluding hydrogens is 365 g/mol. The minimum absolute atomic E-state index is 0. The second-order valence-corrected chi connectivity index (χ2v) is 3.28. The summed E-state index contributed by atoms with van der Waals surface area (Å²) in [6, 6.07) is 17.5. The fourth-order valence-corrected chi connectivity index (χ4v) is 1.73. The Balaban J connectivity index is 0.000000853. The van der Waals surface area contributed by atoms with Crippen molar-refractivity contribution in [2.24, 2.45) is 0 Å². The van der Waals surface area contributed by atoms with Crippen molar-refractivity contribution in [1.29, 1.82) is 0 Å². The van der Waals surface area contributed by atoms with E-state index in [1.54, 1.807) is 0 Å². The second kappa shape index (κ2) is 4.12. The van der Waals surface area contributed by atoms with Crippen LogP contribution in [0.25, 0.3) is 21.7 Å². The average molecular weight is 373 g/mol. The summed E-state index contributed by atoms with van der Waals surface area (Å²) in [5.74, 6) is 0. The van der Waals surface area contributed by atoms with Crippen LogP contribution < -0.4 is 0 Å². The first-order chi connectivity index (χ1) is 6.95. The third kappa shape index (κ3) is 1.68. The maximum absolute atomic E-state index is 4.38. The number of hydrogen-bond acceptors (Lipinski definition) is 1. The van der Waals surface area contributed by atoms with Gasteiger partial charge in [-0.2, -0.15) is 0 Å². The van der Waals surface area contributed by atoms with E-state index in [0.717, 1.165) is 10.9 Å². The minimum Gasteiger partial charge on any atom is -0.304 e. The SMILES string of the molecule is [Pt].[c-]1cccc2ccc3cccnc3c12. The molecule has 1 nitrogen and oxygen atoms in total. The molecule has 2 heteroatoms. The predicted octanol–water partition coefficient (Wildman–Crippen LogP) is 3.19. The summed E-state index contributed by atoms with van der Waals surface area (Å²) in [7, 11) is 0. The van der Waals surface area contributed by atoms with E-state index in [9.17, 15) is 0 Å². The third-order valence-corrected chi connectivity index (χ3v) is 2.41. The molecule has 0 bridgehead atoms. The first kappa shape index (κ1) is 10.3. The Morgan fingerprint density at radius 2 is 1.73 bits per heavy atom. The van der Waals surface area contributed by atoms with Gasteiger partial charge in [-0.05, 0) is 17.0 Å². The van der Waals surface area contributed by atoms with Gasteiger partial charge >= 0.3 is 0 Å². The van der Waals surface area contributed by atoms with Crippen LogP contribution in [0.2, 0.25) is 0 Å². The van der Waals surface area contributed by atoms with Crippen LogP contribution in [-0.2, 0) is 21.1 Å². The molecule has 15 heavy (non-hydrogen) atoms. The van der Waals surface area contributed by atoms with Crippen LogP contribution in [0.5, 0.6) is 0 Å². The summed E-state index contributed by atoms with van der Waals surface area (Å²) in [5.41, 5.74) is 1.03. The van der Waals surface area contributed by atoms with Crippen LogP contribution in [0.15, 0.2) is 48.7 Å². The van der Waals surface area contributed by atoms with Crippen LogP contribution >= 0.6 is 0 Å². The van der Waals surface area contributed by atoms with E-state index in [-0.39, 0.29) is 21.1 Å². The van der Waals surface area contributed by atoms with Crippen LogP contribution in [0.3, 0.4) is 0 Å². The molecule has 0 aliphatic rings. The second-order valence-electron chi connectivity index (χ2n) is 3.28. The molecule has 1 heterocycles. The zero-order valence-corrected chi connectivity index (χ0v) is 10.2. The minimum atomic E-state index is 0. The Morgan fingerprint density at radius 1 is 0.933 bits per heavy atom. The van der Waals surface area contributed by atoms with Gasteiger partial charge < -0.3 is 4.98 Å². The number of rotatable bonds is 0. The van der Waals surface area contributed by atoms with E-state index >= 15 is 0 Å². The monoisotopic (exact) mass is 373 g/mol. The maximum Gasteiger partial charge on any atom is 0.0161 e. The van der Waals surface area contributed by atoms with Gasteiger partial charge in [0.1, 0.15) is 0 Å². The van der Waals surface area contributed by atoms with E-state index in [0.29, 0.717) is 0 Å². The van der Waals surface area contributed by atoms with E-state index in [4.69, 9.17) is 0 Å². The van der Waals surface area contributed by atoms with Gasteiger partial charge in [0.05, 0.1) is 0 Å². The molecule has 0 unspecified atom stereocenters. The topological polar surface area (TPSA) is 12.9 Å². The van der Waals surface area contributed by atoms with Gasteiger partial charge in [-0.25, -0.2) is 0 Å². The Labute approximate surface area is 102 Å². The van der Waals surface area contributed by atoms with Crippen LogP contribution in [0.1, 0.15) is 0 Å². The van der Waals surface area contributed by atoms with Crippen molar-refractivity contribution >= 4 is 21.7 Å². The normalized spacial score (nSPS) is 10.1. The molecule has 0 aliphatic carbocycles. The first-order valence-corrected chi connectivity index (χ1v) is 4.59. The number of nitrogens with zero attached hydrogens (tertiary/aromatic N) is 1. The molecule has 0 saturated heterocycles. The van der Waals surface area contributed by atoms with Crippen LogP contribution in [0.4, 0.5) is 0 Å². The number of aromatic nitrogens is 1. The fourth-order valence-electron chi connectivity index (χ4n) is 1.73. The van der Waals surface area contributed by atoms with Crippen molar-refractivity contribution in [3.05, 3.63) is 54.7 Å². The number of benzene rings is 2. The Morgan fingerprint density at radius 3 is 2.67 bits per heavy atom. The molecule has 2 aromatic carbocycles. The summed E-state index contributed by atoms with van der Waals surface area (Å²) in [6.07, 6.45) is 1.82. The van der Waals surface area contributed by atoms with E-state index in [1.807, 2.05) is 24.4 Å². The fraction of sp³-hybridized carbons (Fsp3) is 0. The average Bonchev–Trinajstić information content (AvgIpc) is 2.29. The largest absolute Gasteiger partial charge is 0.304 e. The van der Waals surface area contributed by atoms with Gasteiger partial charge in [0.25, 0.3) is 0 Å². The molecule has 1 aromatic heterocycles. The molecule has 3 rings (SSSR count). The molecule has 3 aromatic rings. The standard InChI is InChI=1S/C13H8N.Pt/c1-2-6-12-10(4-1)7-8-11-5-3-9-14-13(11)12;/h1-5,7-9H;/q-1;. The molecule has 0 saturated carbocycles. The van der Waals surface area contributed by atoms with Crippen LogP contribution in [-0.4, -0.2) is 4.98 Å². The quantitative estimate of drug-likeness (QED) is 0.436. The van der Waals surface area contributed by atoms with E-state index < -0.39 is 0 Å². The first-order valence-electron chi connectivity index (χ1n) is 4.59. The Hall–Kier alpha value is -1.20. The molecule has 76 valence electrons. The summed E-state index contributed by atoms with van der Waals surface area (Å²) in [5, 5.41) is 3.46. The molecule has 0 atom stereocenters. The van der Waals surface area contributed by atoms with Crippen molar-refractivity contribution in [2.75, 3.05) is 0 Å². The van der Waals surface area contributed by atoms with Crippen molar-refractivity contribution in [3.63, 3.8) is 0 Å². The number of pyridine rings is 1. The third-order valence-electron chi connectivity index (χ3n) is 2.41. The molecule has 0 spiro atoms. The molecule has 0 aliphatic heterocycles. The van der Waals surface area contributed by atoms with E-state index in [1.165, 1.54) is 10.8 Å². The Kier molecular flexibility index (Phi) is 2.83. The summed E-state index contributed by atoms with van der Waals surface area (Å²) in [4.78, 5) is 4.38. The Bertz CT molecular complexity index is 550. The summed E-state index contributed by atoms with van der Waals surface area (Å²) < 4.78 is 0. The van der Waals surface area contributed by atoms with Crippen LogP contribution in [0, 0.1) is 6.07 Å². The van der Waals surface area contributed by atoms with Gasteiger partial charge in [0.15, 0.2) is 0 Å². The molecule has 0 radical (unpaired) electrons. The maximum atomic E-state index is 4.38. The summed E-state index contributed by atoms with van der Waals surface area (Å²) >= 11 is 0. The molecular formula is C13H8NPt-. The molecule has 0 fully saturated rings. The zero-order chi connectivity index (χ0) is 9.38. The van der Waals surface area contributed by atoms with Crippen molar-refractivity contribution in [1.82, 2.24) is 4.98 Å². The molecule has 0 N–H and O–H groups in total. The molecule has 0 amide bonds. The van der Waals surface area contributed by atoms with Crippen molar-refractivity contribution < 1.29 is 21.1 Å². The van der Waals surface area contributed by atoms with Crippen molar-refractivity contribution in [2.45, 2.75) is 0 Å². The van der Waals surface area contributed by atoms with Gasteiger partial charge in [-0.3, -0.25) is 0 Å². The van der Waals surface area contributed by atoms with Gasteiger partial charge in [0.2, 0.25) is 0 Å². The van der Waals surface area contributed by atoms with Gasteiger partial charge in [0, 0.05) is 27.3 Å². The number of hydrogen-bond donors (Lipinski definition) is 0.